The number of carbonyl (C=O) groups excluding carboxylic acids is 1. The highest BCUT2D eigenvalue weighted by atomic mass is 32.2. The molecular formula is C22H33NO3S. The minimum atomic E-state index is -0.620. The van der Waals surface area contributed by atoms with Crippen molar-refractivity contribution in [3.05, 3.63) is 23.9 Å². The molecule has 0 bridgehead atoms. The van der Waals surface area contributed by atoms with Crippen molar-refractivity contribution in [2.75, 3.05) is 6.61 Å². The lowest BCUT2D eigenvalue weighted by molar-refractivity contribution is -0.153. The van der Waals surface area contributed by atoms with E-state index in [1.807, 2.05) is 32.9 Å². The number of rotatable bonds is 7. The maximum Gasteiger partial charge on any atom is 0.311 e. The zero-order chi connectivity index (χ0) is 20.4. The van der Waals surface area contributed by atoms with E-state index in [4.69, 9.17) is 4.74 Å². The molecule has 0 saturated heterocycles. The number of hydrogen-bond acceptors (Lipinski definition) is 4. The highest BCUT2D eigenvalue weighted by Gasteiger charge is 2.33. The lowest BCUT2D eigenvalue weighted by Crippen LogP contribution is -2.30. The van der Waals surface area contributed by atoms with Crippen molar-refractivity contribution in [3.8, 4) is 5.75 Å². The number of nitrogens with zero attached hydrogens (tertiary/aromatic N) is 1. The quantitative estimate of drug-likeness (QED) is 0.480. The number of carbonyl (C=O) groups is 1. The second kappa shape index (κ2) is 8.17. The first kappa shape index (κ1) is 21.7. The molecule has 2 aromatic rings. The predicted molar refractivity (Wildman–Crippen MR) is 114 cm³/mol. The van der Waals surface area contributed by atoms with Gasteiger partial charge in [0.2, 0.25) is 0 Å². The molecule has 150 valence electrons. The highest BCUT2D eigenvalue weighted by molar-refractivity contribution is 8.00. The van der Waals surface area contributed by atoms with Gasteiger partial charge in [-0.15, -0.1) is 11.8 Å². The molecule has 0 amide bonds. The molecule has 0 aliphatic heterocycles. The maximum atomic E-state index is 12.5. The van der Waals surface area contributed by atoms with Gasteiger partial charge in [0.15, 0.2) is 0 Å². The Hall–Kier alpha value is -1.62. The van der Waals surface area contributed by atoms with Crippen LogP contribution in [0.4, 0.5) is 0 Å². The van der Waals surface area contributed by atoms with Gasteiger partial charge in [-0.1, -0.05) is 27.7 Å². The second-order valence-corrected chi connectivity index (χ2v) is 10.5. The molecule has 4 nitrogen and oxygen atoms in total. The van der Waals surface area contributed by atoms with Gasteiger partial charge < -0.3 is 14.4 Å². The van der Waals surface area contributed by atoms with Gasteiger partial charge in [0.05, 0.1) is 12.0 Å². The first-order chi connectivity index (χ1) is 12.5. The first-order valence-electron chi connectivity index (χ1n) is 9.70. The molecule has 0 spiro atoms. The number of phenolic OH excluding ortho intramolecular Hbond substituents is 1. The van der Waals surface area contributed by atoms with E-state index >= 15 is 0 Å². The molecule has 0 aliphatic rings. The van der Waals surface area contributed by atoms with Crippen molar-refractivity contribution in [2.45, 2.75) is 77.5 Å². The van der Waals surface area contributed by atoms with Gasteiger partial charge in [-0.3, -0.25) is 4.79 Å². The molecule has 5 heteroatoms. The van der Waals surface area contributed by atoms with Crippen LogP contribution in [-0.4, -0.2) is 27.0 Å². The molecule has 2 rings (SSSR count). The summed E-state index contributed by atoms with van der Waals surface area (Å²) in [6, 6.07) is 5.56. The largest absolute Gasteiger partial charge is 0.508 e. The first-order valence-corrected chi connectivity index (χ1v) is 10.5. The van der Waals surface area contributed by atoms with Crippen molar-refractivity contribution in [1.82, 2.24) is 4.57 Å². The Morgan fingerprint density at radius 3 is 2.41 bits per heavy atom. The van der Waals surface area contributed by atoms with Crippen LogP contribution >= 0.6 is 11.8 Å². The van der Waals surface area contributed by atoms with Gasteiger partial charge in [-0.2, -0.15) is 0 Å². The lowest BCUT2D eigenvalue weighted by Gasteiger charge is -2.25. The minimum Gasteiger partial charge on any atom is -0.508 e. The molecule has 0 radical (unpaired) electrons. The van der Waals surface area contributed by atoms with Crippen molar-refractivity contribution in [1.29, 1.82) is 0 Å². The predicted octanol–water partition coefficient (Wildman–Crippen LogP) is 5.78. The van der Waals surface area contributed by atoms with Crippen LogP contribution in [0.1, 0.15) is 60.6 Å². The van der Waals surface area contributed by atoms with Gasteiger partial charge in [0.1, 0.15) is 5.75 Å². The number of aromatic hydroxyl groups is 1. The number of thioether (sulfide) groups is 1. The Morgan fingerprint density at radius 2 is 1.85 bits per heavy atom. The fraction of sp³-hybridized carbons (Fsp3) is 0.591. The maximum absolute atomic E-state index is 12.5. The Bertz CT molecular complexity index is 815. The fourth-order valence-corrected chi connectivity index (χ4v) is 4.44. The Balaban J connectivity index is 2.68. The summed E-state index contributed by atoms with van der Waals surface area (Å²) >= 11 is 1.79. The number of fused-ring (bicyclic) bond motifs is 1. The molecule has 0 unspecified atom stereocenters. The summed E-state index contributed by atoms with van der Waals surface area (Å²) in [6.45, 7) is 15.7. The third-order valence-corrected chi connectivity index (χ3v) is 5.67. The van der Waals surface area contributed by atoms with Crippen LogP contribution in [0.5, 0.6) is 5.75 Å². The van der Waals surface area contributed by atoms with Crippen LogP contribution in [-0.2, 0) is 22.5 Å². The third-order valence-electron chi connectivity index (χ3n) is 4.40. The number of hydrogen-bond donors (Lipinski definition) is 1. The second-order valence-electron chi connectivity index (χ2n) is 8.62. The van der Waals surface area contributed by atoms with Gasteiger partial charge >= 0.3 is 5.97 Å². The molecular weight excluding hydrogens is 358 g/mol. The number of ether oxygens (including phenoxy) is 1. The Kier molecular flexibility index (Phi) is 6.56. The molecule has 1 heterocycles. The topological polar surface area (TPSA) is 51.5 Å². The summed E-state index contributed by atoms with van der Waals surface area (Å²) in [4.78, 5) is 13.7. The standard InChI is InChI=1S/C22H33NO3S/c1-8-12-23-17-11-10-15(24)13-16(17)19(27-21(3,4)5)18(23)14-22(6,7)20(25)26-9-2/h10-11,13,24H,8-9,12,14H2,1-7H3. The van der Waals surface area contributed by atoms with Gasteiger partial charge in [0, 0.05) is 39.2 Å². The van der Waals surface area contributed by atoms with E-state index in [0.717, 1.165) is 34.5 Å². The fourth-order valence-electron chi connectivity index (χ4n) is 3.26. The number of aryl methyl sites for hydroxylation is 1. The van der Waals surface area contributed by atoms with Crippen LogP contribution in [0.15, 0.2) is 23.1 Å². The van der Waals surface area contributed by atoms with E-state index in [0.29, 0.717) is 13.0 Å². The Labute approximate surface area is 167 Å². The molecule has 0 atom stereocenters. The zero-order valence-corrected chi connectivity index (χ0v) is 18.5. The van der Waals surface area contributed by atoms with Gasteiger partial charge in [-0.05, 0) is 45.4 Å². The normalized spacial score (nSPS) is 12.6. The molecule has 0 aliphatic carbocycles. The van der Waals surface area contributed by atoms with E-state index in [1.54, 1.807) is 17.8 Å². The summed E-state index contributed by atoms with van der Waals surface area (Å²) < 4.78 is 7.64. The van der Waals surface area contributed by atoms with E-state index < -0.39 is 5.41 Å². The summed E-state index contributed by atoms with van der Waals surface area (Å²) in [5, 5.41) is 11.1. The van der Waals surface area contributed by atoms with Gasteiger partial charge in [-0.25, -0.2) is 0 Å². The van der Waals surface area contributed by atoms with Crippen molar-refractivity contribution < 1.29 is 14.6 Å². The summed E-state index contributed by atoms with van der Waals surface area (Å²) in [6.07, 6.45) is 1.59. The number of esters is 1. The number of benzene rings is 1. The average molecular weight is 392 g/mol. The molecule has 1 N–H and O–H groups in total. The van der Waals surface area contributed by atoms with Gasteiger partial charge in [0.25, 0.3) is 0 Å². The van der Waals surface area contributed by atoms with Crippen LogP contribution in [0.3, 0.4) is 0 Å². The average Bonchev–Trinajstić information content (AvgIpc) is 2.79. The van der Waals surface area contributed by atoms with Crippen molar-refractivity contribution in [3.63, 3.8) is 0 Å². The van der Waals surface area contributed by atoms with Crippen LogP contribution in [0.25, 0.3) is 10.9 Å². The van der Waals surface area contributed by atoms with E-state index in [2.05, 4.69) is 32.3 Å². The van der Waals surface area contributed by atoms with E-state index in [9.17, 15) is 9.90 Å². The SMILES string of the molecule is CCCn1c(CC(C)(C)C(=O)OCC)c(SC(C)(C)C)c2cc(O)ccc21. The zero-order valence-electron chi connectivity index (χ0n) is 17.7. The summed E-state index contributed by atoms with van der Waals surface area (Å²) in [7, 11) is 0. The monoisotopic (exact) mass is 391 g/mol. The highest BCUT2D eigenvalue weighted by Crippen LogP contribution is 2.44. The number of phenols is 1. The smallest absolute Gasteiger partial charge is 0.311 e. The lowest BCUT2D eigenvalue weighted by atomic mass is 9.87. The third kappa shape index (κ3) is 5.01. The van der Waals surface area contributed by atoms with E-state index in [-0.39, 0.29) is 16.5 Å². The molecule has 0 fully saturated rings. The summed E-state index contributed by atoms with van der Waals surface area (Å²) in [5.41, 5.74) is 1.64. The summed E-state index contributed by atoms with van der Waals surface area (Å²) in [5.74, 6) is 0.0935. The minimum absolute atomic E-state index is 0.0135. The van der Waals surface area contributed by atoms with Crippen molar-refractivity contribution >= 4 is 28.6 Å². The number of aromatic nitrogens is 1. The molecule has 1 aromatic heterocycles. The van der Waals surface area contributed by atoms with E-state index in [1.165, 1.54) is 0 Å². The molecule has 0 saturated carbocycles. The van der Waals surface area contributed by atoms with Crippen LogP contribution in [0.2, 0.25) is 0 Å². The molecule has 1 aromatic carbocycles. The Morgan fingerprint density at radius 1 is 1.19 bits per heavy atom. The van der Waals surface area contributed by atoms with Crippen LogP contribution < -0.4 is 0 Å². The van der Waals surface area contributed by atoms with Crippen LogP contribution in [0, 0.1) is 5.41 Å². The van der Waals surface area contributed by atoms with Crippen molar-refractivity contribution in [2.24, 2.45) is 5.41 Å². The molecule has 27 heavy (non-hydrogen) atoms.